The molecule has 2 nitrogen and oxygen atoms in total. The van der Waals surface area contributed by atoms with Gasteiger partial charge in [0.25, 0.3) is 0 Å². The van der Waals surface area contributed by atoms with Crippen LogP contribution in [-0.4, -0.2) is 10.1 Å². The van der Waals surface area contributed by atoms with Gasteiger partial charge in [-0.2, -0.15) is 0 Å². The first-order chi connectivity index (χ1) is 8.68. The summed E-state index contributed by atoms with van der Waals surface area (Å²) in [6.07, 6.45) is 8.68. The van der Waals surface area contributed by atoms with E-state index in [1.807, 2.05) is 0 Å². The van der Waals surface area contributed by atoms with E-state index in [1.165, 1.54) is 31.5 Å². The fourth-order valence-corrected chi connectivity index (χ4v) is 5.09. The molecule has 2 bridgehead atoms. The molecule has 0 saturated heterocycles. The van der Waals surface area contributed by atoms with Crippen molar-refractivity contribution < 1.29 is 9.50 Å². The van der Waals surface area contributed by atoms with Crippen LogP contribution >= 0.6 is 0 Å². The summed E-state index contributed by atoms with van der Waals surface area (Å²) in [6.45, 7) is 0. The molecule has 0 aliphatic heterocycles. The van der Waals surface area contributed by atoms with Gasteiger partial charge in [0.05, 0.1) is 11.8 Å². The third kappa shape index (κ3) is 1.28. The zero-order chi connectivity index (χ0) is 12.3. The Morgan fingerprint density at radius 1 is 1.28 bits per heavy atom. The lowest BCUT2D eigenvalue weighted by Gasteiger charge is -2.39. The SMILES string of the molecule is OC1(c2cncc(F)c2)CC2CC1C1CCCC21. The van der Waals surface area contributed by atoms with Crippen LogP contribution in [0.5, 0.6) is 0 Å². The quantitative estimate of drug-likeness (QED) is 0.827. The molecule has 0 spiro atoms. The Balaban J connectivity index is 1.73. The zero-order valence-corrected chi connectivity index (χ0v) is 10.3. The summed E-state index contributed by atoms with van der Waals surface area (Å²) >= 11 is 0. The van der Waals surface area contributed by atoms with Gasteiger partial charge in [-0.3, -0.25) is 4.98 Å². The molecule has 5 atom stereocenters. The van der Waals surface area contributed by atoms with E-state index in [1.54, 1.807) is 6.20 Å². The fraction of sp³-hybridized carbons (Fsp3) is 0.667. The van der Waals surface area contributed by atoms with E-state index in [0.717, 1.165) is 18.8 Å². The van der Waals surface area contributed by atoms with Crippen molar-refractivity contribution in [3.8, 4) is 0 Å². The number of halogens is 1. The number of aromatic nitrogens is 1. The summed E-state index contributed by atoms with van der Waals surface area (Å²) in [5.74, 6) is 2.13. The van der Waals surface area contributed by atoms with Gasteiger partial charge in [-0.05, 0) is 55.4 Å². The van der Waals surface area contributed by atoms with Gasteiger partial charge < -0.3 is 5.11 Å². The second kappa shape index (κ2) is 3.53. The van der Waals surface area contributed by atoms with Crippen LogP contribution in [-0.2, 0) is 5.60 Å². The molecular formula is C15H18FNO. The van der Waals surface area contributed by atoms with Crippen LogP contribution in [0.1, 0.15) is 37.7 Å². The minimum atomic E-state index is -0.814. The Bertz CT molecular complexity index is 491. The molecule has 5 unspecified atom stereocenters. The molecule has 1 aromatic heterocycles. The first kappa shape index (κ1) is 10.9. The minimum Gasteiger partial charge on any atom is -0.385 e. The molecule has 0 radical (unpaired) electrons. The van der Waals surface area contributed by atoms with Crippen LogP contribution in [0.25, 0.3) is 0 Å². The Kier molecular flexibility index (Phi) is 2.14. The highest BCUT2D eigenvalue weighted by molar-refractivity contribution is 5.26. The Labute approximate surface area is 106 Å². The van der Waals surface area contributed by atoms with E-state index in [0.29, 0.717) is 23.3 Å². The lowest BCUT2D eigenvalue weighted by atomic mass is 9.70. The highest BCUT2D eigenvalue weighted by Gasteiger charge is 2.60. The highest BCUT2D eigenvalue weighted by Crippen LogP contribution is 2.65. The van der Waals surface area contributed by atoms with E-state index >= 15 is 0 Å². The molecule has 96 valence electrons. The molecule has 0 aromatic carbocycles. The summed E-state index contributed by atoms with van der Waals surface area (Å²) in [5.41, 5.74) is -0.119. The molecule has 3 aliphatic rings. The molecule has 0 amide bonds. The van der Waals surface area contributed by atoms with E-state index < -0.39 is 5.60 Å². The van der Waals surface area contributed by atoms with Gasteiger partial charge in [0.1, 0.15) is 5.82 Å². The molecule has 3 heteroatoms. The van der Waals surface area contributed by atoms with Crippen LogP contribution in [0.2, 0.25) is 0 Å². The third-order valence-corrected chi connectivity index (χ3v) is 5.70. The maximum atomic E-state index is 13.3. The first-order valence-electron chi connectivity index (χ1n) is 7.02. The molecule has 1 heterocycles. The standard InChI is InChI=1S/C15H18FNO/c16-11-5-10(7-17-8-11)15(18)6-9-4-14(15)13-3-1-2-12(9)13/h5,7-9,12-14,18H,1-4,6H2. The zero-order valence-electron chi connectivity index (χ0n) is 10.3. The van der Waals surface area contributed by atoms with Crippen molar-refractivity contribution in [1.82, 2.24) is 4.98 Å². The van der Waals surface area contributed by atoms with Crippen LogP contribution in [0.15, 0.2) is 18.5 Å². The topological polar surface area (TPSA) is 33.1 Å². The smallest absolute Gasteiger partial charge is 0.141 e. The molecule has 3 saturated carbocycles. The average molecular weight is 247 g/mol. The minimum absolute atomic E-state index is 0.332. The van der Waals surface area contributed by atoms with Gasteiger partial charge >= 0.3 is 0 Å². The second-order valence-corrected chi connectivity index (χ2v) is 6.38. The van der Waals surface area contributed by atoms with Gasteiger partial charge in [0.15, 0.2) is 0 Å². The van der Waals surface area contributed by atoms with E-state index in [-0.39, 0.29) is 5.82 Å². The summed E-state index contributed by atoms with van der Waals surface area (Å²) in [6, 6.07) is 1.47. The largest absolute Gasteiger partial charge is 0.385 e. The van der Waals surface area contributed by atoms with Crippen LogP contribution in [0.4, 0.5) is 4.39 Å². The van der Waals surface area contributed by atoms with Crippen molar-refractivity contribution >= 4 is 0 Å². The van der Waals surface area contributed by atoms with Crippen LogP contribution < -0.4 is 0 Å². The lowest BCUT2D eigenvalue weighted by molar-refractivity contribution is -0.0517. The molecule has 3 aliphatic carbocycles. The summed E-state index contributed by atoms with van der Waals surface area (Å²) < 4.78 is 13.3. The van der Waals surface area contributed by atoms with Crippen LogP contribution in [0.3, 0.4) is 0 Å². The number of nitrogens with zero attached hydrogens (tertiary/aromatic N) is 1. The van der Waals surface area contributed by atoms with Gasteiger partial charge in [-0.15, -0.1) is 0 Å². The monoisotopic (exact) mass is 247 g/mol. The summed E-state index contributed by atoms with van der Waals surface area (Å²) in [5, 5.41) is 11.0. The van der Waals surface area contributed by atoms with E-state index in [9.17, 15) is 9.50 Å². The van der Waals surface area contributed by atoms with Gasteiger partial charge in [0.2, 0.25) is 0 Å². The average Bonchev–Trinajstić information content (AvgIpc) is 2.99. The maximum Gasteiger partial charge on any atom is 0.141 e. The van der Waals surface area contributed by atoms with Crippen molar-refractivity contribution in [1.29, 1.82) is 0 Å². The maximum absolute atomic E-state index is 13.3. The number of hydrogen-bond donors (Lipinski definition) is 1. The van der Waals surface area contributed by atoms with Crippen molar-refractivity contribution in [2.24, 2.45) is 23.7 Å². The van der Waals surface area contributed by atoms with Gasteiger partial charge in [0, 0.05) is 11.8 Å². The van der Waals surface area contributed by atoms with Crippen molar-refractivity contribution in [2.45, 2.75) is 37.7 Å². The number of hydrogen-bond acceptors (Lipinski definition) is 2. The number of rotatable bonds is 1. The second-order valence-electron chi connectivity index (χ2n) is 6.38. The van der Waals surface area contributed by atoms with E-state index in [2.05, 4.69) is 4.98 Å². The highest BCUT2D eigenvalue weighted by atomic mass is 19.1. The van der Waals surface area contributed by atoms with Gasteiger partial charge in [-0.25, -0.2) is 4.39 Å². The third-order valence-electron chi connectivity index (χ3n) is 5.70. The molecule has 18 heavy (non-hydrogen) atoms. The predicted octanol–water partition coefficient (Wildman–Crippen LogP) is 2.86. The molecular weight excluding hydrogens is 229 g/mol. The number of aliphatic hydroxyl groups is 1. The molecule has 1 aromatic rings. The normalized spacial score (nSPS) is 45.4. The van der Waals surface area contributed by atoms with Crippen LogP contribution in [0, 0.1) is 29.5 Å². The summed E-state index contributed by atoms with van der Waals surface area (Å²) in [7, 11) is 0. The fourth-order valence-electron chi connectivity index (χ4n) is 5.09. The molecule has 4 rings (SSSR count). The Morgan fingerprint density at radius 2 is 2.11 bits per heavy atom. The molecule has 3 fully saturated rings. The molecule has 1 N–H and O–H groups in total. The van der Waals surface area contributed by atoms with Crippen molar-refractivity contribution in [3.05, 3.63) is 29.8 Å². The lowest BCUT2D eigenvalue weighted by Crippen LogP contribution is -2.39. The Morgan fingerprint density at radius 3 is 2.94 bits per heavy atom. The van der Waals surface area contributed by atoms with E-state index in [4.69, 9.17) is 0 Å². The predicted molar refractivity (Wildman–Crippen MR) is 65.1 cm³/mol. The number of pyridine rings is 1. The van der Waals surface area contributed by atoms with Crippen molar-refractivity contribution in [3.63, 3.8) is 0 Å². The Hall–Kier alpha value is -0.960. The first-order valence-corrected chi connectivity index (χ1v) is 7.02. The van der Waals surface area contributed by atoms with Crippen molar-refractivity contribution in [2.75, 3.05) is 0 Å². The summed E-state index contributed by atoms with van der Waals surface area (Å²) in [4.78, 5) is 3.91. The van der Waals surface area contributed by atoms with Gasteiger partial charge in [-0.1, -0.05) is 6.42 Å². The number of fused-ring (bicyclic) bond motifs is 5.